The van der Waals surface area contributed by atoms with Crippen molar-refractivity contribution in [2.75, 3.05) is 17.8 Å². The molecule has 0 saturated heterocycles. The second-order valence-electron chi connectivity index (χ2n) is 4.61. The highest BCUT2D eigenvalue weighted by Gasteiger charge is 2.15. The molecule has 20 heavy (non-hydrogen) atoms. The van der Waals surface area contributed by atoms with Gasteiger partial charge in [0.25, 0.3) is 5.91 Å². The Balaban J connectivity index is 1.84. The number of nitrogens with one attached hydrogen (secondary N) is 1. The molecular weight excluding hydrogens is 256 g/mol. The van der Waals surface area contributed by atoms with E-state index in [0.717, 1.165) is 5.56 Å². The first-order chi connectivity index (χ1) is 9.63. The van der Waals surface area contributed by atoms with Gasteiger partial charge in [-0.25, -0.2) is 0 Å². The van der Waals surface area contributed by atoms with Gasteiger partial charge in [-0.2, -0.15) is 0 Å². The molecule has 0 atom stereocenters. The van der Waals surface area contributed by atoms with E-state index in [0.29, 0.717) is 28.4 Å². The first-order valence-corrected chi connectivity index (χ1v) is 6.20. The number of hydrogen-bond donors (Lipinski definition) is 2. The first kappa shape index (κ1) is 12.3. The molecule has 0 saturated carbocycles. The lowest BCUT2D eigenvalue weighted by molar-refractivity contribution is 0.102. The topological polar surface area (TPSA) is 73.6 Å². The van der Waals surface area contributed by atoms with Gasteiger partial charge >= 0.3 is 0 Å². The van der Waals surface area contributed by atoms with Gasteiger partial charge in [-0.05, 0) is 31.2 Å². The van der Waals surface area contributed by atoms with E-state index in [-0.39, 0.29) is 12.7 Å². The molecule has 3 rings (SSSR count). The molecule has 1 heterocycles. The molecule has 0 aromatic heterocycles. The van der Waals surface area contributed by atoms with Crippen molar-refractivity contribution < 1.29 is 14.3 Å². The molecule has 1 aliphatic rings. The highest BCUT2D eigenvalue weighted by atomic mass is 16.7. The third kappa shape index (κ3) is 2.25. The lowest BCUT2D eigenvalue weighted by atomic mass is 10.1. The molecule has 1 amide bonds. The van der Waals surface area contributed by atoms with E-state index in [1.165, 1.54) is 0 Å². The number of aryl methyl sites for hydroxylation is 1. The number of nitrogen functional groups attached to an aromatic ring is 1. The maximum atomic E-state index is 12.2. The van der Waals surface area contributed by atoms with Crippen LogP contribution in [0, 0.1) is 6.92 Å². The predicted molar refractivity (Wildman–Crippen MR) is 76.1 cm³/mol. The number of fused-ring (bicyclic) bond motifs is 1. The van der Waals surface area contributed by atoms with Gasteiger partial charge in [0.15, 0.2) is 11.5 Å². The Morgan fingerprint density at radius 2 is 1.95 bits per heavy atom. The Morgan fingerprint density at radius 3 is 2.80 bits per heavy atom. The van der Waals surface area contributed by atoms with Gasteiger partial charge in [-0.3, -0.25) is 4.79 Å². The molecule has 0 aliphatic carbocycles. The molecule has 0 bridgehead atoms. The van der Waals surface area contributed by atoms with Crippen molar-refractivity contribution in [3.05, 3.63) is 47.5 Å². The van der Waals surface area contributed by atoms with Gasteiger partial charge in [0.05, 0.1) is 5.56 Å². The van der Waals surface area contributed by atoms with E-state index in [4.69, 9.17) is 15.2 Å². The first-order valence-electron chi connectivity index (χ1n) is 6.20. The Labute approximate surface area is 116 Å². The fourth-order valence-electron chi connectivity index (χ4n) is 2.04. The van der Waals surface area contributed by atoms with E-state index in [9.17, 15) is 4.79 Å². The van der Waals surface area contributed by atoms with E-state index >= 15 is 0 Å². The molecule has 0 spiro atoms. The molecule has 3 N–H and O–H groups in total. The number of carbonyl (C=O) groups excluding carboxylic acids is 1. The van der Waals surface area contributed by atoms with Gasteiger partial charge in [0, 0.05) is 17.4 Å². The summed E-state index contributed by atoms with van der Waals surface area (Å²) < 4.78 is 10.5. The maximum absolute atomic E-state index is 12.2. The summed E-state index contributed by atoms with van der Waals surface area (Å²) in [5.74, 6) is 1.06. The number of nitrogens with two attached hydrogens (primary N) is 1. The van der Waals surface area contributed by atoms with Gasteiger partial charge in [0.1, 0.15) is 0 Å². The summed E-state index contributed by atoms with van der Waals surface area (Å²) in [6.45, 7) is 2.12. The molecule has 2 aromatic rings. The van der Waals surface area contributed by atoms with Crippen LogP contribution >= 0.6 is 0 Å². The third-order valence-corrected chi connectivity index (χ3v) is 3.08. The van der Waals surface area contributed by atoms with Crippen LogP contribution in [0.15, 0.2) is 36.4 Å². The van der Waals surface area contributed by atoms with Gasteiger partial charge < -0.3 is 20.5 Å². The molecule has 0 fully saturated rings. The third-order valence-electron chi connectivity index (χ3n) is 3.08. The monoisotopic (exact) mass is 270 g/mol. The number of carbonyl (C=O) groups is 1. The zero-order chi connectivity index (χ0) is 14.1. The normalized spacial score (nSPS) is 12.2. The lowest BCUT2D eigenvalue weighted by Crippen LogP contribution is -2.14. The number of ether oxygens (including phenoxy) is 2. The molecular formula is C15H14N2O3. The highest BCUT2D eigenvalue weighted by molar-refractivity contribution is 6.07. The Kier molecular flexibility index (Phi) is 2.95. The minimum Gasteiger partial charge on any atom is -0.454 e. The largest absolute Gasteiger partial charge is 0.454 e. The SMILES string of the molecule is Cc1ccc(N)c(C(=O)Nc2ccc3c(c2)OCO3)c1. The van der Waals surface area contributed by atoms with E-state index < -0.39 is 0 Å². The van der Waals surface area contributed by atoms with Crippen molar-refractivity contribution in [2.45, 2.75) is 6.92 Å². The van der Waals surface area contributed by atoms with Gasteiger partial charge in [0.2, 0.25) is 6.79 Å². The number of anilines is 2. The highest BCUT2D eigenvalue weighted by Crippen LogP contribution is 2.34. The van der Waals surface area contributed by atoms with Crippen molar-refractivity contribution in [2.24, 2.45) is 0 Å². The smallest absolute Gasteiger partial charge is 0.257 e. The van der Waals surface area contributed by atoms with Crippen LogP contribution < -0.4 is 20.5 Å². The molecule has 102 valence electrons. The van der Waals surface area contributed by atoms with Crippen LogP contribution in [0.2, 0.25) is 0 Å². The van der Waals surface area contributed by atoms with Crippen LogP contribution in [0.25, 0.3) is 0 Å². The van der Waals surface area contributed by atoms with Crippen LogP contribution in [0.4, 0.5) is 11.4 Å². The molecule has 1 aliphatic heterocycles. The zero-order valence-corrected chi connectivity index (χ0v) is 11.0. The summed E-state index contributed by atoms with van der Waals surface area (Å²) in [6, 6.07) is 10.6. The fraction of sp³-hybridized carbons (Fsp3) is 0.133. The quantitative estimate of drug-likeness (QED) is 0.822. The van der Waals surface area contributed by atoms with E-state index in [1.54, 1.807) is 30.3 Å². The number of benzene rings is 2. The average Bonchev–Trinajstić information content (AvgIpc) is 2.89. The summed E-state index contributed by atoms with van der Waals surface area (Å²) in [4.78, 5) is 12.2. The standard InChI is InChI=1S/C15H14N2O3/c1-9-2-4-12(16)11(6-9)15(18)17-10-3-5-13-14(7-10)20-8-19-13/h2-7H,8,16H2,1H3,(H,17,18). The minimum atomic E-state index is -0.245. The number of hydrogen-bond acceptors (Lipinski definition) is 4. The number of rotatable bonds is 2. The summed E-state index contributed by atoms with van der Waals surface area (Å²) in [6.07, 6.45) is 0. The summed E-state index contributed by atoms with van der Waals surface area (Å²) in [5.41, 5.74) is 8.36. The summed E-state index contributed by atoms with van der Waals surface area (Å²) in [5, 5.41) is 2.80. The fourth-order valence-corrected chi connectivity index (χ4v) is 2.04. The van der Waals surface area contributed by atoms with Crippen LogP contribution in [-0.4, -0.2) is 12.7 Å². The summed E-state index contributed by atoms with van der Waals surface area (Å²) in [7, 11) is 0. The maximum Gasteiger partial charge on any atom is 0.257 e. The molecule has 5 heteroatoms. The molecule has 2 aromatic carbocycles. The molecule has 5 nitrogen and oxygen atoms in total. The lowest BCUT2D eigenvalue weighted by Gasteiger charge is -2.09. The van der Waals surface area contributed by atoms with Crippen molar-refractivity contribution in [3.63, 3.8) is 0 Å². The van der Waals surface area contributed by atoms with Crippen molar-refractivity contribution in [1.82, 2.24) is 0 Å². The van der Waals surface area contributed by atoms with Crippen molar-refractivity contribution in [1.29, 1.82) is 0 Å². The van der Waals surface area contributed by atoms with Gasteiger partial charge in [-0.1, -0.05) is 11.6 Å². The molecule has 0 radical (unpaired) electrons. The van der Waals surface area contributed by atoms with E-state index in [2.05, 4.69) is 5.32 Å². The second-order valence-corrected chi connectivity index (χ2v) is 4.61. The van der Waals surface area contributed by atoms with Crippen LogP contribution in [0.5, 0.6) is 11.5 Å². The predicted octanol–water partition coefficient (Wildman–Crippen LogP) is 2.56. The zero-order valence-electron chi connectivity index (χ0n) is 11.0. The Hall–Kier alpha value is -2.69. The minimum absolute atomic E-state index is 0.206. The van der Waals surface area contributed by atoms with E-state index in [1.807, 2.05) is 13.0 Å². The number of amides is 1. The Bertz CT molecular complexity index is 683. The van der Waals surface area contributed by atoms with Crippen LogP contribution in [0.1, 0.15) is 15.9 Å². The van der Waals surface area contributed by atoms with Crippen molar-refractivity contribution in [3.8, 4) is 11.5 Å². The van der Waals surface area contributed by atoms with Crippen LogP contribution in [-0.2, 0) is 0 Å². The van der Waals surface area contributed by atoms with Crippen molar-refractivity contribution >= 4 is 17.3 Å². The second kappa shape index (κ2) is 4.77. The molecule has 0 unspecified atom stereocenters. The average molecular weight is 270 g/mol. The van der Waals surface area contributed by atoms with Gasteiger partial charge in [-0.15, -0.1) is 0 Å². The van der Waals surface area contributed by atoms with Crippen LogP contribution in [0.3, 0.4) is 0 Å². The summed E-state index contributed by atoms with van der Waals surface area (Å²) >= 11 is 0. The Morgan fingerprint density at radius 1 is 1.15 bits per heavy atom.